The van der Waals surface area contributed by atoms with Gasteiger partial charge in [-0.2, -0.15) is 0 Å². The maximum Gasteiger partial charge on any atom is 0.231 e. The van der Waals surface area contributed by atoms with E-state index in [-0.39, 0.29) is 17.4 Å². The van der Waals surface area contributed by atoms with Crippen molar-refractivity contribution in [3.63, 3.8) is 0 Å². The molecule has 112 valence electrons. The molecule has 21 heavy (non-hydrogen) atoms. The Morgan fingerprint density at radius 1 is 1.38 bits per heavy atom. The van der Waals surface area contributed by atoms with Crippen LogP contribution in [0.25, 0.3) is 0 Å². The van der Waals surface area contributed by atoms with E-state index in [4.69, 9.17) is 4.42 Å². The summed E-state index contributed by atoms with van der Waals surface area (Å²) in [5, 5.41) is 5.26. The van der Waals surface area contributed by atoms with Gasteiger partial charge >= 0.3 is 0 Å². The van der Waals surface area contributed by atoms with E-state index >= 15 is 0 Å². The van der Waals surface area contributed by atoms with Crippen molar-refractivity contribution in [3.05, 3.63) is 46.5 Å². The van der Waals surface area contributed by atoms with E-state index in [9.17, 15) is 4.79 Å². The van der Waals surface area contributed by atoms with E-state index in [2.05, 4.69) is 16.8 Å². The minimum Gasteiger partial charge on any atom is -0.469 e. The summed E-state index contributed by atoms with van der Waals surface area (Å²) in [6.07, 6.45) is 6.61. The number of carbonyl (C=O) groups excluding carboxylic acids is 1. The first-order valence-corrected chi connectivity index (χ1v) is 8.46. The molecular weight excluding hydrogens is 282 g/mol. The molecule has 1 aliphatic rings. The molecule has 0 unspecified atom stereocenters. The topological polar surface area (TPSA) is 42.2 Å². The van der Waals surface area contributed by atoms with Gasteiger partial charge < -0.3 is 9.73 Å². The lowest BCUT2D eigenvalue weighted by atomic mass is 9.83. The number of carbonyl (C=O) groups is 1. The SMILES string of the molecule is C[C@H](Cc1ccco1)NC(=O)C1(c2cccs2)CCCC1. The Bertz CT molecular complexity index is 568. The number of hydrogen-bond donors (Lipinski definition) is 1. The van der Waals surface area contributed by atoms with Gasteiger partial charge in [-0.1, -0.05) is 18.9 Å². The van der Waals surface area contributed by atoms with Crippen molar-refractivity contribution in [1.82, 2.24) is 5.32 Å². The molecule has 1 saturated carbocycles. The molecule has 3 rings (SSSR count). The summed E-state index contributed by atoms with van der Waals surface area (Å²) in [4.78, 5) is 14.1. The number of amides is 1. The summed E-state index contributed by atoms with van der Waals surface area (Å²) >= 11 is 1.70. The van der Waals surface area contributed by atoms with Crippen molar-refractivity contribution >= 4 is 17.2 Å². The average Bonchev–Trinajstić information content (AvgIpc) is 3.21. The van der Waals surface area contributed by atoms with Crippen molar-refractivity contribution in [2.24, 2.45) is 0 Å². The van der Waals surface area contributed by atoms with Crippen LogP contribution in [0.5, 0.6) is 0 Å². The Morgan fingerprint density at radius 2 is 2.19 bits per heavy atom. The van der Waals surface area contributed by atoms with E-state index in [1.54, 1.807) is 17.6 Å². The van der Waals surface area contributed by atoms with Crippen LogP contribution in [0.1, 0.15) is 43.2 Å². The predicted molar refractivity (Wildman–Crippen MR) is 84.5 cm³/mol. The molecule has 0 spiro atoms. The van der Waals surface area contributed by atoms with Crippen molar-refractivity contribution in [1.29, 1.82) is 0 Å². The Morgan fingerprint density at radius 3 is 2.81 bits per heavy atom. The number of hydrogen-bond acceptors (Lipinski definition) is 3. The first kappa shape index (κ1) is 14.4. The molecule has 1 fully saturated rings. The van der Waals surface area contributed by atoms with Crippen LogP contribution in [0, 0.1) is 0 Å². The lowest BCUT2D eigenvalue weighted by Crippen LogP contribution is -2.46. The Balaban J connectivity index is 1.70. The number of thiophene rings is 1. The first-order chi connectivity index (χ1) is 10.2. The van der Waals surface area contributed by atoms with Gasteiger partial charge in [-0.25, -0.2) is 0 Å². The molecule has 0 bridgehead atoms. The van der Waals surface area contributed by atoms with Crippen LogP contribution in [-0.4, -0.2) is 11.9 Å². The fraction of sp³-hybridized carbons (Fsp3) is 0.471. The van der Waals surface area contributed by atoms with E-state index < -0.39 is 0 Å². The zero-order valence-electron chi connectivity index (χ0n) is 12.3. The van der Waals surface area contributed by atoms with Gasteiger partial charge in [-0.15, -0.1) is 11.3 Å². The molecule has 4 heteroatoms. The van der Waals surface area contributed by atoms with Crippen molar-refractivity contribution in [2.75, 3.05) is 0 Å². The highest BCUT2D eigenvalue weighted by Crippen LogP contribution is 2.43. The molecule has 0 saturated heterocycles. The van der Waals surface area contributed by atoms with Gasteiger partial charge in [0.15, 0.2) is 0 Å². The fourth-order valence-corrected chi connectivity index (χ4v) is 4.24. The number of rotatable bonds is 5. The van der Waals surface area contributed by atoms with Gasteiger partial charge in [0.2, 0.25) is 5.91 Å². The summed E-state index contributed by atoms with van der Waals surface area (Å²) < 4.78 is 5.36. The monoisotopic (exact) mass is 303 g/mol. The first-order valence-electron chi connectivity index (χ1n) is 7.58. The third-order valence-corrected chi connectivity index (χ3v) is 5.42. The van der Waals surface area contributed by atoms with Crippen LogP contribution < -0.4 is 5.32 Å². The highest BCUT2D eigenvalue weighted by atomic mass is 32.1. The molecule has 1 amide bonds. The second kappa shape index (κ2) is 6.06. The van der Waals surface area contributed by atoms with Crippen molar-refractivity contribution in [2.45, 2.75) is 50.5 Å². The smallest absolute Gasteiger partial charge is 0.231 e. The summed E-state index contributed by atoms with van der Waals surface area (Å²) in [6.45, 7) is 2.04. The molecule has 0 aromatic carbocycles. The maximum absolute atomic E-state index is 12.9. The lowest BCUT2D eigenvalue weighted by molar-refractivity contribution is -0.127. The Kier molecular flexibility index (Phi) is 4.15. The molecule has 2 aromatic rings. The highest BCUT2D eigenvalue weighted by molar-refractivity contribution is 7.10. The van der Waals surface area contributed by atoms with Crippen LogP contribution in [0.15, 0.2) is 40.3 Å². The Labute approximate surface area is 129 Å². The molecular formula is C17H21NO2S. The van der Waals surface area contributed by atoms with E-state index in [1.807, 2.05) is 25.1 Å². The van der Waals surface area contributed by atoms with Crippen LogP contribution >= 0.6 is 11.3 Å². The van der Waals surface area contributed by atoms with Gasteiger partial charge in [-0.3, -0.25) is 4.79 Å². The maximum atomic E-state index is 12.9. The zero-order valence-corrected chi connectivity index (χ0v) is 13.1. The van der Waals surface area contributed by atoms with Gasteiger partial charge in [0.05, 0.1) is 11.7 Å². The number of nitrogens with one attached hydrogen (secondary N) is 1. The van der Waals surface area contributed by atoms with Gasteiger partial charge in [0, 0.05) is 17.3 Å². The third kappa shape index (κ3) is 2.91. The molecule has 1 N–H and O–H groups in total. The third-order valence-electron chi connectivity index (χ3n) is 4.35. The zero-order chi connectivity index (χ0) is 14.7. The minimum atomic E-state index is -0.300. The van der Waals surface area contributed by atoms with Crippen molar-refractivity contribution in [3.8, 4) is 0 Å². The highest BCUT2D eigenvalue weighted by Gasteiger charge is 2.43. The minimum absolute atomic E-state index is 0.0843. The van der Waals surface area contributed by atoms with E-state index in [0.717, 1.165) is 37.9 Å². The molecule has 3 nitrogen and oxygen atoms in total. The summed E-state index contributed by atoms with van der Waals surface area (Å²) in [6, 6.07) is 8.06. The molecule has 2 aromatic heterocycles. The largest absolute Gasteiger partial charge is 0.469 e. The fourth-order valence-electron chi connectivity index (χ4n) is 3.26. The lowest BCUT2D eigenvalue weighted by Gasteiger charge is -2.28. The van der Waals surface area contributed by atoms with E-state index in [1.165, 1.54) is 4.88 Å². The second-order valence-corrected chi connectivity index (χ2v) is 6.87. The molecule has 1 atom stereocenters. The standard InChI is InChI=1S/C17H21NO2S/c1-13(12-14-6-4-10-20-14)18-16(19)17(8-2-3-9-17)15-7-5-11-21-15/h4-7,10-11,13H,2-3,8-9,12H2,1H3,(H,18,19)/t13-/m1/s1. The van der Waals surface area contributed by atoms with E-state index in [0.29, 0.717) is 0 Å². The molecule has 0 radical (unpaired) electrons. The van der Waals surface area contributed by atoms with Gasteiger partial charge in [-0.05, 0) is 43.3 Å². The van der Waals surface area contributed by atoms with Gasteiger partial charge in [0.1, 0.15) is 5.76 Å². The average molecular weight is 303 g/mol. The van der Waals surface area contributed by atoms with Crippen LogP contribution in [0.3, 0.4) is 0 Å². The predicted octanol–water partition coefficient (Wildman–Crippen LogP) is 3.90. The molecule has 1 aliphatic carbocycles. The van der Waals surface area contributed by atoms with Gasteiger partial charge in [0.25, 0.3) is 0 Å². The quantitative estimate of drug-likeness (QED) is 0.910. The summed E-state index contributed by atoms with van der Waals surface area (Å²) in [5.41, 5.74) is -0.300. The van der Waals surface area contributed by atoms with Crippen LogP contribution in [-0.2, 0) is 16.6 Å². The summed E-state index contributed by atoms with van der Waals surface area (Å²) in [7, 11) is 0. The molecule has 2 heterocycles. The summed E-state index contributed by atoms with van der Waals surface area (Å²) in [5.74, 6) is 1.10. The second-order valence-electron chi connectivity index (χ2n) is 5.92. The Hall–Kier alpha value is -1.55. The molecule has 0 aliphatic heterocycles. The number of furan rings is 1. The van der Waals surface area contributed by atoms with Crippen LogP contribution in [0.4, 0.5) is 0 Å². The van der Waals surface area contributed by atoms with Crippen molar-refractivity contribution < 1.29 is 9.21 Å². The van der Waals surface area contributed by atoms with Crippen LogP contribution in [0.2, 0.25) is 0 Å². The normalized spacial score (nSPS) is 18.5.